The quantitative estimate of drug-likeness (QED) is 0.885. The molecule has 2 rings (SSSR count). The van der Waals surface area contributed by atoms with Crippen LogP contribution in [0, 0.1) is 0 Å². The standard InChI is InChI=1S/C14H19BrO2S2/c1-9-14(19-6-5-18-9)13(16)8-10-7-11(17-2)3-4-12(10)15/h3-4,7,9,13-14,16H,5-6,8H2,1-2H3. The van der Waals surface area contributed by atoms with Crippen LogP contribution in [0.4, 0.5) is 0 Å². The van der Waals surface area contributed by atoms with Crippen molar-refractivity contribution in [2.24, 2.45) is 0 Å². The van der Waals surface area contributed by atoms with Crippen molar-refractivity contribution >= 4 is 39.5 Å². The summed E-state index contributed by atoms with van der Waals surface area (Å²) in [5.41, 5.74) is 1.11. The summed E-state index contributed by atoms with van der Waals surface area (Å²) in [5.74, 6) is 3.16. The minimum absolute atomic E-state index is 0.309. The summed E-state index contributed by atoms with van der Waals surface area (Å²) in [5, 5.41) is 11.3. The fraction of sp³-hybridized carbons (Fsp3) is 0.571. The van der Waals surface area contributed by atoms with Gasteiger partial charge in [-0.3, -0.25) is 0 Å². The zero-order valence-corrected chi connectivity index (χ0v) is 14.4. The molecule has 2 nitrogen and oxygen atoms in total. The fourth-order valence-electron chi connectivity index (χ4n) is 2.25. The molecule has 1 saturated heterocycles. The highest BCUT2D eigenvalue weighted by Crippen LogP contribution is 2.35. The van der Waals surface area contributed by atoms with Crippen LogP contribution >= 0.6 is 39.5 Å². The molecule has 1 aromatic rings. The Morgan fingerprint density at radius 3 is 2.84 bits per heavy atom. The highest BCUT2D eigenvalue weighted by Gasteiger charge is 2.29. The van der Waals surface area contributed by atoms with E-state index in [1.54, 1.807) is 7.11 Å². The average Bonchev–Trinajstić information content (AvgIpc) is 2.41. The number of aliphatic hydroxyl groups excluding tert-OH is 1. The summed E-state index contributed by atoms with van der Waals surface area (Å²) in [4.78, 5) is 0. The van der Waals surface area contributed by atoms with E-state index in [0.717, 1.165) is 21.5 Å². The van der Waals surface area contributed by atoms with E-state index in [0.29, 0.717) is 16.9 Å². The largest absolute Gasteiger partial charge is 0.497 e. The zero-order valence-electron chi connectivity index (χ0n) is 11.1. The molecule has 0 saturated carbocycles. The van der Waals surface area contributed by atoms with E-state index < -0.39 is 0 Å². The molecule has 19 heavy (non-hydrogen) atoms. The van der Waals surface area contributed by atoms with Gasteiger partial charge < -0.3 is 9.84 Å². The van der Waals surface area contributed by atoms with E-state index in [4.69, 9.17) is 4.74 Å². The molecule has 1 aliphatic rings. The van der Waals surface area contributed by atoms with Gasteiger partial charge in [0.15, 0.2) is 0 Å². The second kappa shape index (κ2) is 7.25. The van der Waals surface area contributed by atoms with Crippen LogP contribution in [0.2, 0.25) is 0 Å². The minimum Gasteiger partial charge on any atom is -0.497 e. The van der Waals surface area contributed by atoms with E-state index in [1.165, 1.54) is 5.75 Å². The van der Waals surface area contributed by atoms with Crippen molar-refractivity contribution in [3.8, 4) is 5.75 Å². The van der Waals surface area contributed by atoms with Crippen LogP contribution in [0.5, 0.6) is 5.75 Å². The SMILES string of the molecule is COc1ccc(Br)c(CC(O)C2SCCSC2C)c1. The molecule has 0 bridgehead atoms. The number of methoxy groups -OCH3 is 1. The average molecular weight is 363 g/mol. The Hall–Kier alpha value is 0.160. The molecule has 3 atom stereocenters. The van der Waals surface area contributed by atoms with Crippen molar-refractivity contribution in [1.29, 1.82) is 0 Å². The van der Waals surface area contributed by atoms with E-state index in [2.05, 4.69) is 22.9 Å². The third kappa shape index (κ3) is 4.06. The summed E-state index contributed by atoms with van der Waals surface area (Å²) < 4.78 is 6.28. The minimum atomic E-state index is -0.309. The molecule has 0 amide bonds. The summed E-state index contributed by atoms with van der Waals surface area (Å²) in [6, 6.07) is 5.90. The lowest BCUT2D eigenvalue weighted by atomic mass is 10.0. The number of aliphatic hydroxyl groups is 1. The van der Waals surface area contributed by atoms with Gasteiger partial charge in [0.1, 0.15) is 5.75 Å². The molecule has 0 aliphatic carbocycles. The summed E-state index contributed by atoms with van der Waals surface area (Å²) in [7, 11) is 1.67. The van der Waals surface area contributed by atoms with E-state index in [1.807, 2.05) is 41.7 Å². The first-order valence-corrected chi connectivity index (χ1v) is 9.24. The smallest absolute Gasteiger partial charge is 0.119 e. The molecule has 1 aromatic carbocycles. The number of hydrogen-bond acceptors (Lipinski definition) is 4. The number of thioether (sulfide) groups is 2. The van der Waals surface area contributed by atoms with E-state index in [9.17, 15) is 5.11 Å². The summed E-state index contributed by atoms with van der Waals surface area (Å²) in [6.07, 6.45) is 0.358. The van der Waals surface area contributed by atoms with Gasteiger partial charge in [-0.25, -0.2) is 0 Å². The zero-order chi connectivity index (χ0) is 13.8. The Morgan fingerprint density at radius 1 is 1.42 bits per heavy atom. The Labute approximate surface area is 131 Å². The van der Waals surface area contributed by atoms with Gasteiger partial charge in [0.25, 0.3) is 0 Å². The number of halogens is 1. The second-order valence-electron chi connectivity index (χ2n) is 4.64. The lowest BCUT2D eigenvalue weighted by Crippen LogP contribution is -2.36. The van der Waals surface area contributed by atoms with Crippen LogP contribution in [0.3, 0.4) is 0 Å². The molecule has 0 spiro atoms. The Balaban J connectivity index is 2.07. The summed E-state index contributed by atoms with van der Waals surface area (Å²) in [6.45, 7) is 2.21. The van der Waals surface area contributed by atoms with Crippen LogP contribution in [0.1, 0.15) is 12.5 Å². The topological polar surface area (TPSA) is 29.5 Å². The monoisotopic (exact) mass is 362 g/mol. The first kappa shape index (κ1) is 15.5. The predicted molar refractivity (Wildman–Crippen MR) is 88.6 cm³/mol. The van der Waals surface area contributed by atoms with Gasteiger partial charge in [-0.15, -0.1) is 0 Å². The molecule has 0 aromatic heterocycles. The first-order valence-electron chi connectivity index (χ1n) is 6.35. The molecular weight excluding hydrogens is 344 g/mol. The molecule has 106 valence electrons. The normalized spacial score (nSPS) is 25.1. The molecule has 1 heterocycles. The molecule has 3 unspecified atom stereocenters. The fourth-order valence-corrected chi connectivity index (χ4v) is 5.50. The Morgan fingerprint density at radius 2 is 2.16 bits per heavy atom. The maximum Gasteiger partial charge on any atom is 0.119 e. The maximum atomic E-state index is 10.5. The van der Waals surface area contributed by atoms with Crippen molar-refractivity contribution in [2.45, 2.75) is 29.9 Å². The van der Waals surface area contributed by atoms with Gasteiger partial charge in [-0.1, -0.05) is 22.9 Å². The van der Waals surface area contributed by atoms with Gasteiger partial charge >= 0.3 is 0 Å². The molecule has 1 fully saturated rings. The third-order valence-electron chi connectivity index (χ3n) is 3.30. The molecule has 1 N–H and O–H groups in total. The van der Waals surface area contributed by atoms with Crippen LogP contribution in [-0.4, -0.2) is 40.3 Å². The highest BCUT2D eigenvalue weighted by molar-refractivity contribution is 9.10. The molecule has 5 heteroatoms. The van der Waals surface area contributed by atoms with E-state index in [-0.39, 0.29) is 6.10 Å². The van der Waals surface area contributed by atoms with Crippen LogP contribution in [-0.2, 0) is 6.42 Å². The van der Waals surface area contributed by atoms with Crippen molar-refractivity contribution < 1.29 is 9.84 Å². The van der Waals surface area contributed by atoms with Gasteiger partial charge in [0.2, 0.25) is 0 Å². The van der Waals surface area contributed by atoms with Gasteiger partial charge in [-0.2, -0.15) is 23.5 Å². The number of benzene rings is 1. The van der Waals surface area contributed by atoms with Crippen molar-refractivity contribution in [1.82, 2.24) is 0 Å². The lowest BCUT2D eigenvalue weighted by Gasteiger charge is -2.31. The number of hydrogen-bond donors (Lipinski definition) is 1. The molecule has 0 radical (unpaired) electrons. The maximum absolute atomic E-state index is 10.5. The second-order valence-corrected chi connectivity index (χ2v) is 8.27. The summed E-state index contributed by atoms with van der Waals surface area (Å²) >= 11 is 7.41. The molecular formula is C14H19BrO2S2. The van der Waals surface area contributed by atoms with Crippen LogP contribution in [0.25, 0.3) is 0 Å². The van der Waals surface area contributed by atoms with Crippen LogP contribution < -0.4 is 4.74 Å². The number of ether oxygens (including phenoxy) is 1. The number of rotatable bonds is 4. The van der Waals surface area contributed by atoms with Crippen molar-refractivity contribution in [3.05, 3.63) is 28.2 Å². The lowest BCUT2D eigenvalue weighted by molar-refractivity contribution is 0.171. The third-order valence-corrected chi connectivity index (χ3v) is 7.31. The first-order chi connectivity index (χ1) is 9.11. The van der Waals surface area contributed by atoms with Crippen molar-refractivity contribution in [3.63, 3.8) is 0 Å². The van der Waals surface area contributed by atoms with Gasteiger partial charge in [0.05, 0.1) is 13.2 Å². The predicted octanol–water partition coefficient (Wildman–Crippen LogP) is 3.60. The van der Waals surface area contributed by atoms with Gasteiger partial charge in [-0.05, 0) is 23.8 Å². The van der Waals surface area contributed by atoms with Crippen molar-refractivity contribution in [2.75, 3.05) is 18.6 Å². The van der Waals surface area contributed by atoms with Crippen LogP contribution in [0.15, 0.2) is 22.7 Å². The Kier molecular flexibility index (Phi) is 5.93. The molecule has 1 aliphatic heterocycles. The van der Waals surface area contributed by atoms with Gasteiger partial charge in [0, 0.05) is 32.9 Å². The van der Waals surface area contributed by atoms with E-state index >= 15 is 0 Å². The highest BCUT2D eigenvalue weighted by atomic mass is 79.9. The Bertz CT molecular complexity index is 428.